The molecule has 0 heterocycles. The van der Waals surface area contributed by atoms with Crippen LogP contribution in [0.2, 0.25) is 0 Å². The highest BCUT2D eigenvalue weighted by Gasteiger charge is 1.99. The zero-order valence-electron chi connectivity index (χ0n) is 11.6. The average molecular weight is 232 g/mol. The predicted octanol–water partition coefficient (Wildman–Crippen LogP) is 4.62. The molecule has 0 unspecified atom stereocenters. The van der Waals surface area contributed by atoms with Crippen LogP contribution in [-0.2, 0) is 6.42 Å². The van der Waals surface area contributed by atoms with Gasteiger partial charge in [-0.3, -0.25) is 0 Å². The van der Waals surface area contributed by atoms with Crippen LogP contribution in [0.4, 0.5) is 5.69 Å². The molecule has 0 aliphatic rings. The first-order valence-electron chi connectivity index (χ1n) is 6.31. The molecule has 0 spiro atoms. The number of anilines is 1. The van der Waals surface area contributed by atoms with E-state index in [2.05, 4.69) is 36.3 Å². The maximum atomic E-state index is 4.26. The molecule has 0 N–H and O–H groups in total. The lowest BCUT2D eigenvalue weighted by Crippen LogP contribution is -2.06. The number of hydrogen-bond donors (Lipinski definition) is 0. The van der Waals surface area contributed by atoms with E-state index < -0.39 is 0 Å². The van der Waals surface area contributed by atoms with Crippen molar-refractivity contribution in [2.75, 3.05) is 5.01 Å². The average Bonchev–Trinajstić information content (AvgIpc) is 2.41. The Morgan fingerprint density at radius 3 is 2.12 bits per heavy atom. The van der Waals surface area contributed by atoms with Crippen molar-refractivity contribution >= 4 is 11.9 Å². The minimum absolute atomic E-state index is 1.07. The van der Waals surface area contributed by atoms with Gasteiger partial charge in [-0.1, -0.05) is 39.0 Å². The summed E-state index contributed by atoms with van der Waals surface area (Å²) in [5, 5.41) is 6.12. The third kappa shape index (κ3) is 5.34. The molecule has 2 heteroatoms. The number of allylic oxidation sites excluding steroid dienone is 1. The maximum Gasteiger partial charge on any atom is 0.0645 e. The highest BCUT2D eigenvalue weighted by atomic mass is 15.4. The van der Waals surface area contributed by atoms with Crippen LogP contribution in [0.1, 0.15) is 40.2 Å². The largest absolute Gasteiger partial charge is 0.242 e. The molecule has 0 amide bonds. The lowest BCUT2D eigenvalue weighted by atomic mass is 10.1. The molecule has 17 heavy (non-hydrogen) atoms. The summed E-state index contributed by atoms with van der Waals surface area (Å²) in [5.41, 5.74) is 2.43. The van der Waals surface area contributed by atoms with Crippen molar-refractivity contribution in [2.24, 2.45) is 5.10 Å². The monoisotopic (exact) mass is 232 g/mol. The second-order valence-corrected chi connectivity index (χ2v) is 3.22. The zero-order chi connectivity index (χ0) is 13.1. The van der Waals surface area contributed by atoms with E-state index in [9.17, 15) is 0 Å². The first-order chi connectivity index (χ1) is 8.31. The Morgan fingerprint density at radius 2 is 1.71 bits per heavy atom. The smallest absolute Gasteiger partial charge is 0.0645 e. The van der Waals surface area contributed by atoms with E-state index in [1.807, 2.05) is 45.0 Å². The van der Waals surface area contributed by atoms with E-state index in [4.69, 9.17) is 0 Å². The molecular weight excluding hydrogens is 208 g/mol. The number of hydrogen-bond acceptors (Lipinski definition) is 2. The molecule has 0 aliphatic heterocycles. The fourth-order valence-corrected chi connectivity index (χ4v) is 1.34. The molecule has 1 rings (SSSR count). The van der Waals surface area contributed by atoms with E-state index in [0.29, 0.717) is 0 Å². The second-order valence-electron chi connectivity index (χ2n) is 3.22. The molecule has 0 fully saturated rings. The summed E-state index contributed by atoms with van der Waals surface area (Å²) in [6, 6.07) is 8.45. The fourth-order valence-electron chi connectivity index (χ4n) is 1.34. The van der Waals surface area contributed by atoms with E-state index in [-0.39, 0.29) is 0 Å². The standard InChI is InChI=1S/C13H18N2.C2H6/c1-4-11-15(14-6-3)13-9-7-12(5-2)8-10-13;1-2/h4,6-11H,5H2,1-3H3;1-2H3/b11-4-,14-6-;. The molecule has 0 aromatic heterocycles. The van der Waals surface area contributed by atoms with Crippen molar-refractivity contribution < 1.29 is 0 Å². The topological polar surface area (TPSA) is 15.6 Å². The van der Waals surface area contributed by atoms with Gasteiger partial charge in [0.15, 0.2) is 0 Å². The summed E-state index contributed by atoms with van der Waals surface area (Å²) in [4.78, 5) is 0. The molecule has 94 valence electrons. The van der Waals surface area contributed by atoms with E-state index in [1.165, 1.54) is 5.56 Å². The Morgan fingerprint density at radius 1 is 1.12 bits per heavy atom. The maximum absolute atomic E-state index is 4.26. The van der Waals surface area contributed by atoms with Crippen molar-refractivity contribution in [3.8, 4) is 0 Å². The minimum Gasteiger partial charge on any atom is -0.242 e. The molecule has 0 bridgehead atoms. The normalized spacial score (nSPS) is 10.4. The van der Waals surface area contributed by atoms with Gasteiger partial charge in [-0.15, -0.1) is 0 Å². The number of benzene rings is 1. The van der Waals surface area contributed by atoms with Crippen LogP contribution in [0.15, 0.2) is 41.6 Å². The van der Waals surface area contributed by atoms with E-state index >= 15 is 0 Å². The first kappa shape index (κ1) is 15.4. The van der Waals surface area contributed by atoms with Crippen LogP contribution in [-0.4, -0.2) is 6.21 Å². The summed E-state index contributed by atoms with van der Waals surface area (Å²) in [6.45, 7) is 10.1. The molecule has 0 saturated heterocycles. The highest BCUT2D eigenvalue weighted by molar-refractivity contribution is 5.59. The van der Waals surface area contributed by atoms with Gasteiger partial charge in [0.25, 0.3) is 0 Å². The molecule has 0 atom stereocenters. The summed E-state index contributed by atoms with van der Waals surface area (Å²) >= 11 is 0. The molecular formula is C15H24N2. The Labute approximate surface area is 106 Å². The van der Waals surface area contributed by atoms with Crippen molar-refractivity contribution in [1.82, 2.24) is 0 Å². The van der Waals surface area contributed by atoms with Crippen LogP contribution in [0, 0.1) is 0 Å². The summed E-state index contributed by atoms with van der Waals surface area (Å²) in [7, 11) is 0. The number of aryl methyl sites for hydroxylation is 1. The summed E-state index contributed by atoms with van der Waals surface area (Å²) < 4.78 is 0. The third-order valence-corrected chi connectivity index (χ3v) is 2.14. The molecule has 1 aromatic rings. The Bertz CT molecular complexity index is 324. The summed E-state index contributed by atoms with van der Waals surface area (Å²) in [6.07, 6.45) is 6.77. The van der Waals surface area contributed by atoms with Crippen molar-refractivity contribution in [2.45, 2.75) is 41.0 Å². The Hall–Kier alpha value is -1.57. The molecule has 0 aliphatic carbocycles. The quantitative estimate of drug-likeness (QED) is 0.546. The van der Waals surface area contributed by atoms with Crippen LogP contribution >= 0.6 is 0 Å². The van der Waals surface area contributed by atoms with Crippen LogP contribution in [0.5, 0.6) is 0 Å². The Kier molecular flexibility index (Phi) is 8.75. The second kappa shape index (κ2) is 9.64. The van der Waals surface area contributed by atoms with Gasteiger partial charge in [0, 0.05) is 12.4 Å². The van der Waals surface area contributed by atoms with Gasteiger partial charge in [0.05, 0.1) is 5.69 Å². The predicted molar refractivity (Wildman–Crippen MR) is 78.6 cm³/mol. The number of nitrogens with zero attached hydrogens (tertiary/aromatic N) is 2. The van der Waals surface area contributed by atoms with Gasteiger partial charge in [-0.2, -0.15) is 5.10 Å². The van der Waals surface area contributed by atoms with Gasteiger partial charge >= 0.3 is 0 Å². The first-order valence-corrected chi connectivity index (χ1v) is 6.31. The van der Waals surface area contributed by atoms with Crippen molar-refractivity contribution in [3.05, 3.63) is 42.1 Å². The zero-order valence-corrected chi connectivity index (χ0v) is 11.6. The van der Waals surface area contributed by atoms with Gasteiger partial charge in [-0.25, -0.2) is 5.01 Å². The van der Waals surface area contributed by atoms with Crippen LogP contribution < -0.4 is 5.01 Å². The van der Waals surface area contributed by atoms with E-state index in [0.717, 1.165) is 12.1 Å². The SMILES string of the molecule is C/C=C\N(/N=C\C)c1ccc(CC)cc1.CC. The van der Waals surface area contributed by atoms with E-state index in [1.54, 1.807) is 6.21 Å². The minimum atomic E-state index is 1.07. The van der Waals surface area contributed by atoms with Gasteiger partial charge in [0.1, 0.15) is 0 Å². The number of hydrazone groups is 1. The fraction of sp³-hybridized carbons (Fsp3) is 0.400. The van der Waals surface area contributed by atoms with Crippen molar-refractivity contribution in [3.63, 3.8) is 0 Å². The van der Waals surface area contributed by atoms with Gasteiger partial charge in [0.2, 0.25) is 0 Å². The third-order valence-electron chi connectivity index (χ3n) is 2.14. The molecule has 2 nitrogen and oxygen atoms in total. The molecule has 0 radical (unpaired) electrons. The lowest BCUT2D eigenvalue weighted by Gasteiger charge is -2.14. The Balaban J connectivity index is 0.00000121. The number of rotatable bonds is 4. The van der Waals surface area contributed by atoms with Gasteiger partial charge in [-0.05, 0) is 38.0 Å². The molecule has 0 saturated carbocycles. The highest BCUT2D eigenvalue weighted by Crippen LogP contribution is 2.16. The van der Waals surface area contributed by atoms with Crippen molar-refractivity contribution in [1.29, 1.82) is 0 Å². The molecule has 1 aromatic carbocycles. The van der Waals surface area contributed by atoms with Gasteiger partial charge < -0.3 is 0 Å². The summed E-state index contributed by atoms with van der Waals surface area (Å²) in [5.74, 6) is 0. The van der Waals surface area contributed by atoms with Crippen LogP contribution in [0.25, 0.3) is 0 Å². The van der Waals surface area contributed by atoms with Crippen LogP contribution in [0.3, 0.4) is 0 Å². The lowest BCUT2D eigenvalue weighted by molar-refractivity contribution is 1.07.